The number of amides is 1. The summed E-state index contributed by atoms with van der Waals surface area (Å²) in [6.45, 7) is 9.33. The zero-order valence-electron chi connectivity index (χ0n) is 16.6. The molecule has 27 heavy (non-hydrogen) atoms. The molecule has 0 saturated carbocycles. The van der Waals surface area contributed by atoms with Crippen LogP contribution in [-0.4, -0.2) is 61.5 Å². The normalized spacial score (nSPS) is 21.6. The van der Waals surface area contributed by atoms with E-state index in [0.29, 0.717) is 13.0 Å². The van der Waals surface area contributed by atoms with Gasteiger partial charge in [-0.15, -0.1) is 0 Å². The second kappa shape index (κ2) is 7.89. The Bertz CT molecular complexity index is 786. The lowest BCUT2D eigenvalue weighted by atomic mass is 9.85. The first-order chi connectivity index (χ1) is 12.6. The van der Waals surface area contributed by atoms with Crippen LogP contribution in [0.25, 0.3) is 0 Å². The second-order valence-corrected chi connectivity index (χ2v) is 10.8. The summed E-state index contributed by atoms with van der Waals surface area (Å²) in [6, 6.07) is 8.47. The number of sulfonamides is 1. The Morgan fingerprint density at radius 1 is 1.19 bits per heavy atom. The Hall–Kier alpha value is -1.44. The lowest BCUT2D eigenvalue weighted by Gasteiger charge is -2.38. The average Bonchev–Trinajstić information content (AvgIpc) is 2.91. The largest absolute Gasteiger partial charge is 0.350 e. The number of rotatable bonds is 5. The van der Waals surface area contributed by atoms with Crippen molar-refractivity contribution in [2.24, 2.45) is 5.41 Å². The van der Waals surface area contributed by atoms with Gasteiger partial charge in [0.15, 0.2) is 0 Å². The molecule has 150 valence electrons. The number of nitrogens with one attached hydrogen (secondary N) is 1. The molecular formula is C20H31N3O3S. The summed E-state index contributed by atoms with van der Waals surface area (Å²) in [5.41, 5.74) is 2.64. The van der Waals surface area contributed by atoms with Crippen LogP contribution in [0.1, 0.15) is 38.3 Å². The lowest BCUT2D eigenvalue weighted by Crippen LogP contribution is -2.53. The molecule has 1 fully saturated rings. The lowest BCUT2D eigenvalue weighted by molar-refractivity contribution is -0.123. The third-order valence-corrected chi connectivity index (χ3v) is 7.46. The fourth-order valence-electron chi connectivity index (χ4n) is 3.77. The highest BCUT2D eigenvalue weighted by Crippen LogP contribution is 2.24. The fraction of sp³-hybridized carbons (Fsp3) is 0.650. The van der Waals surface area contributed by atoms with Gasteiger partial charge in [0.05, 0.1) is 12.3 Å². The minimum atomic E-state index is -3.25. The molecule has 3 rings (SSSR count). The van der Waals surface area contributed by atoms with Gasteiger partial charge in [-0.2, -0.15) is 4.31 Å². The molecule has 1 amide bonds. The van der Waals surface area contributed by atoms with Crippen molar-refractivity contribution in [2.45, 2.75) is 46.2 Å². The van der Waals surface area contributed by atoms with E-state index in [2.05, 4.69) is 55.3 Å². The zero-order chi connectivity index (χ0) is 19.7. The monoisotopic (exact) mass is 393 g/mol. The van der Waals surface area contributed by atoms with Crippen molar-refractivity contribution in [2.75, 3.05) is 31.9 Å². The maximum absolute atomic E-state index is 12.5. The molecular weight excluding hydrogens is 362 g/mol. The maximum atomic E-state index is 12.5. The van der Waals surface area contributed by atoms with E-state index in [1.807, 2.05) is 0 Å². The van der Waals surface area contributed by atoms with E-state index in [4.69, 9.17) is 0 Å². The number of carbonyl (C=O) groups is 1. The van der Waals surface area contributed by atoms with Gasteiger partial charge in [0.2, 0.25) is 15.9 Å². The summed E-state index contributed by atoms with van der Waals surface area (Å²) in [7, 11) is -3.25. The standard InChI is InChI=1S/C20H31N3O3S/c1-20(2,3)18(21-19(24)15-23-10-6-12-27(23,25)26)14-22-11-9-16-7-4-5-8-17(16)13-22/h4-5,7-8,18H,6,9-15H2,1-3H3,(H,21,24). The van der Waals surface area contributed by atoms with Crippen LogP contribution >= 0.6 is 0 Å². The molecule has 1 N–H and O–H groups in total. The first-order valence-corrected chi connectivity index (χ1v) is 11.3. The predicted octanol–water partition coefficient (Wildman–Crippen LogP) is 1.61. The van der Waals surface area contributed by atoms with Crippen LogP contribution in [0.4, 0.5) is 0 Å². The molecule has 0 bridgehead atoms. The van der Waals surface area contributed by atoms with E-state index in [0.717, 1.165) is 26.1 Å². The second-order valence-electron chi connectivity index (χ2n) is 8.74. The minimum absolute atomic E-state index is 0.0411. The van der Waals surface area contributed by atoms with Gasteiger partial charge in [-0.25, -0.2) is 8.42 Å². The van der Waals surface area contributed by atoms with Crippen molar-refractivity contribution in [3.8, 4) is 0 Å². The number of nitrogens with zero attached hydrogens (tertiary/aromatic N) is 2. The molecule has 6 nitrogen and oxygen atoms in total. The van der Waals surface area contributed by atoms with Crippen molar-refractivity contribution in [3.05, 3.63) is 35.4 Å². The molecule has 1 atom stereocenters. The van der Waals surface area contributed by atoms with Gasteiger partial charge in [-0.05, 0) is 29.4 Å². The Morgan fingerprint density at radius 3 is 2.52 bits per heavy atom. The average molecular weight is 394 g/mol. The van der Waals surface area contributed by atoms with Crippen molar-refractivity contribution < 1.29 is 13.2 Å². The minimum Gasteiger partial charge on any atom is -0.350 e. The van der Waals surface area contributed by atoms with E-state index in [1.54, 1.807) is 0 Å². The molecule has 1 unspecified atom stereocenters. The van der Waals surface area contributed by atoms with Crippen molar-refractivity contribution >= 4 is 15.9 Å². The van der Waals surface area contributed by atoms with Gasteiger partial charge < -0.3 is 5.32 Å². The highest BCUT2D eigenvalue weighted by Gasteiger charge is 2.33. The van der Waals surface area contributed by atoms with E-state index < -0.39 is 10.0 Å². The smallest absolute Gasteiger partial charge is 0.235 e. The van der Waals surface area contributed by atoms with Gasteiger partial charge in [-0.1, -0.05) is 45.0 Å². The molecule has 7 heteroatoms. The number of benzene rings is 1. The highest BCUT2D eigenvalue weighted by molar-refractivity contribution is 7.89. The Labute approximate surface area is 163 Å². The molecule has 0 radical (unpaired) electrons. The molecule has 2 aliphatic heterocycles. The third kappa shape index (κ3) is 5.09. The molecule has 1 aromatic carbocycles. The van der Waals surface area contributed by atoms with E-state index in [1.165, 1.54) is 15.4 Å². The van der Waals surface area contributed by atoms with Crippen LogP contribution in [0.5, 0.6) is 0 Å². The maximum Gasteiger partial charge on any atom is 0.235 e. The quantitative estimate of drug-likeness (QED) is 0.825. The summed E-state index contributed by atoms with van der Waals surface area (Å²) >= 11 is 0. The molecule has 1 saturated heterocycles. The van der Waals surface area contributed by atoms with Crippen molar-refractivity contribution in [1.29, 1.82) is 0 Å². The third-order valence-electron chi connectivity index (χ3n) is 5.55. The first-order valence-electron chi connectivity index (χ1n) is 9.71. The summed E-state index contributed by atoms with van der Waals surface area (Å²) in [4.78, 5) is 14.9. The Morgan fingerprint density at radius 2 is 1.89 bits per heavy atom. The number of fused-ring (bicyclic) bond motifs is 1. The molecule has 1 aromatic rings. The van der Waals surface area contributed by atoms with Crippen LogP contribution in [0.3, 0.4) is 0 Å². The number of hydrogen-bond acceptors (Lipinski definition) is 4. The van der Waals surface area contributed by atoms with Gasteiger partial charge >= 0.3 is 0 Å². The fourth-order valence-corrected chi connectivity index (χ4v) is 5.25. The zero-order valence-corrected chi connectivity index (χ0v) is 17.4. The van der Waals surface area contributed by atoms with Gasteiger partial charge in [0, 0.05) is 32.2 Å². The van der Waals surface area contributed by atoms with E-state index >= 15 is 0 Å². The van der Waals surface area contributed by atoms with Crippen LogP contribution in [0, 0.1) is 5.41 Å². The number of hydrogen-bond donors (Lipinski definition) is 1. The Kier molecular flexibility index (Phi) is 5.93. The SMILES string of the molecule is CC(C)(C)C(CN1CCc2ccccc2C1)NC(=O)CN1CCCS1(=O)=O. The van der Waals surface area contributed by atoms with Crippen molar-refractivity contribution in [3.63, 3.8) is 0 Å². The van der Waals surface area contributed by atoms with E-state index in [9.17, 15) is 13.2 Å². The summed E-state index contributed by atoms with van der Waals surface area (Å²) < 4.78 is 25.2. The summed E-state index contributed by atoms with van der Waals surface area (Å²) in [5.74, 6) is -0.0614. The Balaban J connectivity index is 1.62. The van der Waals surface area contributed by atoms with Gasteiger partial charge in [0.1, 0.15) is 0 Å². The van der Waals surface area contributed by atoms with Gasteiger partial charge in [-0.3, -0.25) is 9.69 Å². The van der Waals surface area contributed by atoms with Crippen LogP contribution < -0.4 is 5.32 Å². The molecule has 0 spiro atoms. The summed E-state index contributed by atoms with van der Waals surface area (Å²) in [6.07, 6.45) is 1.62. The molecule has 2 heterocycles. The first kappa shape index (κ1) is 20.3. The van der Waals surface area contributed by atoms with E-state index in [-0.39, 0.29) is 29.7 Å². The topological polar surface area (TPSA) is 69.7 Å². The highest BCUT2D eigenvalue weighted by atomic mass is 32.2. The predicted molar refractivity (Wildman–Crippen MR) is 107 cm³/mol. The molecule has 0 aliphatic carbocycles. The molecule has 2 aliphatic rings. The van der Waals surface area contributed by atoms with Gasteiger partial charge in [0.25, 0.3) is 0 Å². The molecule has 0 aromatic heterocycles. The van der Waals surface area contributed by atoms with Crippen LogP contribution in [0.15, 0.2) is 24.3 Å². The van der Waals surface area contributed by atoms with Crippen LogP contribution in [-0.2, 0) is 27.8 Å². The number of carbonyl (C=O) groups excluding carboxylic acids is 1. The van der Waals surface area contributed by atoms with Crippen LogP contribution in [0.2, 0.25) is 0 Å². The summed E-state index contributed by atoms with van der Waals surface area (Å²) in [5, 5.41) is 3.11. The van der Waals surface area contributed by atoms with Crippen molar-refractivity contribution in [1.82, 2.24) is 14.5 Å².